The molecule has 9 nitrogen and oxygen atoms in total. The number of hydrogen-bond acceptors (Lipinski definition) is 7. The number of rotatable bonds is 9. The summed E-state index contributed by atoms with van der Waals surface area (Å²) in [5.74, 6) is 2.08. The maximum Gasteiger partial charge on any atom is 0.228 e. The number of unbranched alkanes of at least 4 members (excludes halogenated alkanes) is 1. The van der Waals surface area contributed by atoms with Gasteiger partial charge in [0.05, 0.1) is 18.7 Å². The Morgan fingerprint density at radius 3 is 2.92 bits per heavy atom. The Kier molecular flexibility index (Phi) is 8.04. The standard InChI is InChI=1S/C30H39N5O4/c1-30(2)17-24(34-26(36)12-10-20-14-21-7-5-13-32-28(21)38-18-20)23-15-19(9-11-25(23)39-30)6-3-4-8-22-16-27(37)35-29(31)33-22/h5,7,9,11,13,15,20,22,24H,3-4,6,8,10,12,14,16-18H2,1-2H3,(H,34,36)(H3,31,33,35,37). The number of aliphatic imine (C=N–C) groups is 1. The molecule has 3 atom stereocenters. The van der Waals surface area contributed by atoms with Crippen molar-refractivity contribution < 1.29 is 19.1 Å². The van der Waals surface area contributed by atoms with Crippen molar-refractivity contribution >= 4 is 17.8 Å². The van der Waals surface area contributed by atoms with Gasteiger partial charge in [0.2, 0.25) is 17.7 Å². The van der Waals surface area contributed by atoms with Crippen molar-refractivity contribution in [3.05, 3.63) is 53.2 Å². The van der Waals surface area contributed by atoms with Crippen molar-refractivity contribution in [2.24, 2.45) is 16.6 Å². The van der Waals surface area contributed by atoms with Crippen LogP contribution in [0.5, 0.6) is 11.6 Å². The van der Waals surface area contributed by atoms with Crippen LogP contribution in [-0.2, 0) is 22.4 Å². The van der Waals surface area contributed by atoms with Crippen molar-refractivity contribution in [1.82, 2.24) is 15.6 Å². The molecule has 4 N–H and O–H groups in total. The number of pyridine rings is 1. The number of nitrogens with one attached hydrogen (secondary N) is 2. The van der Waals surface area contributed by atoms with E-state index < -0.39 is 0 Å². The Morgan fingerprint density at radius 2 is 2.08 bits per heavy atom. The van der Waals surface area contributed by atoms with Crippen molar-refractivity contribution in [1.29, 1.82) is 0 Å². The first kappa shape index (κ1) is 27.0. The highest BCUT2D eigenvalue weighted by molar-refractivity contribution is 5.98. The monoisotopic (exact) mass is 533 g/mol. The molecule has 3 unspecified atom stereocenters. The number of ether oxygens (including phenoxy) is 2. The summed E-state index contributed by atoms with van der Waals surface area (Å²) in [6.07, 6.45) is 8.67. The molecule has 0 bridgehead atoms. The minimum absolute atomic E-state index is 0.0379. The van der Waals surface area contributed by atoms with Gasteiger partial charge in [-0.3, -0.25) is 14.9 Å². The average Bonchev–Trinajstić information content (AvgIpc) is 2.89. The van der Waals surface area contributed by atoms with E-state index in [0.29, 0.717) is 31.8 Å². The fraction of sp³-hybridized carbons (Fsp3) is 0.533. The number of guanidine groups is 1. The van der Waals surface area contributed by atoms with Gasteiger partial charge >= 0.3 is 0 Å². The van der Waals surface area contributed by atoms with Gasteiger partial charge in [0.25, 0.3) is 0 Å². The van der Waals surface area contributed by atoms with Crippen molar-refractivity contribution in [2.45, 2.75) is 89.3 Å². The van der Waals surface area contributed by atoms with Gasteiger partial charge in [0.15, 0.2) is 5.96 Å². The molecule has 5 rings (SSSR count). The first-order valence-corrected chi connectivity index (χ1v) is 14.0. The number of amides is 2. The number of nitrogens with zero attached hydrogens (tertiary/aromatic N) is 2. The predicted octanol–water partition coefficient (Wildman–Crippen LogP) is 3.75. The summed E-state index contributed by atoms with van der Waals surface area (Å²) in [6, 6.07) is 10.2. The number of fused-ring (bicyclic) bond motifs is 2. The second-order valence-electron chi connectivity index (χ2n) is 11.6. The minimum Gasteiger partial charge on any atom is -0.487 e. The Morgan fingerprint density at radius 1 is 1.21 bits per heavy atom. The molecule has 2 aromatic rings. The molecule has 0 fully saturated rings. The molecular formula is C30H39N5O4. The number of benzene rings is 1. The van der Waals surface area contributed by atoms with E-state index in [1.165, 1.54) is 5.56 Å². The lowest BCUT2D eigenvalue weighted by atomic mass is 9.88. The maximum atomic E-state index is 13.1. The van der Waals surface area contributed by atoms with Gasteiger partial charge in [-0.25, -0.2) is 9.98 Å². The molecule has 0 spiro atoms. The van der Waals surface area contributed by atoms with Crippen LogP contribution in [0.25, 0.3) is 0 Å². The van der Waals surface area contributed by atoms with Crippen molar-refractivity contribution in [3.8, 4) is 11.6 Å². The molecule has 39 heavy (non-hydrogen) atoms. The molecule has 3 aliphatic heterocycles. The Balaban J connectivity index is 1.15. The summed E-state index contributed by atoms with van der Waals surface area (Å²) in [5.41, 5.74) is 8.69. The molecule has 0 saturated heterocycles. The van der Waals surface area contributed by atoms with Crippen LogP contribution in [0.3, 0.4) is 0 Å². The van der Waals surface area contributed by atoms with Crippen LogP contribution in [0.4, 0.5) is 0 Å². The third kappa shape index (κ3) is 7.07. The van der Waals surface area contributed by atoms with Crippen LogP contribution >= 0.6 is 0 Å². The van der Waals surface area contributed by atoms with Crippen molar-refractivity contribution in [2.75, 3.05) is 6.61 Å². The van der Waals surface area contributed by atoms with E-state index in [2.05, 4.69) is 46.6 Å². The number of nitrogens with two attached hydrogens (primary N) is 1. The number of hydrogen-bond donors (Lipinski definition) is 3. The van der Waals surface area contributed by atoms with Crippen LogP contribution in [0.2, 0.25) is 0 Å². The summed E-state index contributed by atoms with van der Waals surface area (Å²) < 4.78 is 12.1. The summed E-state index contributed by atoms with van der Waals surface area (Å²) in [6.45, 7) is 4.73. The zero-order valence-electron chi connectivity index (χ0n) is 22.9. The first-order chi connectivity index (χ1) is 18.7. The summed E-state index contributed by atoms with van der Waals surface area (Å²) >= 11 is 0. The highest BCUT2D eigenvalue weighted by Gasteiger charge is 2.35. The molecule has 1 aromatic carbocycles. The highest BCUT2D eigenvalue weighted by atomic mass is 16.5. The zero-order chi connectivity index (χ0) is 27.4. The SMILES string of the molecule is CC1(C)CC(NC(=O)CCC2COc3ncccc3C2)c2cc(CCCCC3CC(=O)NC(N)=N3)ccc2O1. The molecule has 0 saturated carbocycles. The Hall–Kier alpha value is -3.62. The first-order valence-electron chi connectivity index (χ1n) is 14.0. The molecule has 2 amide bonds. The zero-order valence-corrected chi connectivity index (χ0v) is 22.9. The second kappa shape index (κ2) is 11.6. The molecular weight excluding hydrogens is 494 g/mol. The van der Waals surface area contributed by atoms with Gasteiger partial charge in [0.1, 0.15) is 11.4 Å². The normalized spacial score (nSPS) is 23.3. The fourth-order valence-electron chi connectivity index (χ4n) is 5.81. The smallest absolute Gasteiger partial charge is 0.228 e. The van der Waals surface area contributed by atoms with Crippen LogP contribution in [0.1, 0.15) is 81.5 Å². The quantitative estimate of drug-likeness (QED) is 0.421. The van der Waals surface area contributed by atoms with E-state index in [0.717, 1.165) is 61.3 Å². The third-order valence-corrected chi connectivity index (χ3v) is 7.72. The lowest BCUT2D eigenvalue weighted by Gasteiger charge is -2.38. The molecule has 3 aliphatic rings. The molecule has 4 heterocycles. The van der Waals surface area contributed by atoms with Crippen LogP contribution < -0.4 is 25.8 Å². The van der Waals surface area contributed by atoms with E-state index in [9.17, 15) is 9.59 Å². The molecule has 9 heteroatoms. The predicted molar refractivity (Wildman–Crippen MR) is 149 cm³/mol. The van der Waals surface area contributed by atoms with Crippen LogP contribution in [0.15, 0.2) is 41.5 Å². The number of aryl methyl sites for hydroxylation is 1. The van der Waals surface area contributed by atoms with E-state index >= 15 is 0 Å². The lowest BCUT2D eigenvalue weighted by Crippen LogP contribution is -2.43. The highest BCUT2D eigenvalue weighted by Crippen LogP contribution is 2.40. The third-order valence-electron chi connectivity index (χ3n) is 7.72. The van der Waals surface area contributed by atoms with Crippen LogP contribution in [-0.4, -0.2) is 41.0 Å². The molecule has 208 valence electrons. The fourth-order valence-corrected chi connectivity index (χ4v) is 5.81. The number of aromatic nitrogens is 1. The molecule has 0 aliphatic carbocycles. The topological polar surface area (TPSA) is 128 Å². The van der Waals surface area contributed by atoms with Gasteiger partial charge in [0, 0.05) is 36.6 Å². The van der Waals surface area contributed by atoms with E-state index in [4.69, 9.17) is 15.2 Å². The van der Waals surface area contributed by atoms with Gasteiger partial charge in [-0.05, 0) is 69.6 Å². The lowest BCUT2D eigenvalue weighted by molar-refractivity contribution is -0.123. The molecule has 0 radical (unpaired) electrons. The van der Waals surface area contributed by atoms with E-state index in [1.807, 2.05) is 18.2 Å². The maximum absolute atomic E-state index is 13.1. The Bertz CT molecular complexity index is 1240. The van der Waals surface area contributed by atoms with Gasteiger partial charge in [-0.2, -0.15) is 0 Å². The molecule has 1 aromatic heterocycles. The summed E-state index contributed by atoms with van der Waals surface area (Å²) in [4.78, 5) is 33.3. The van der Waals surface area contributed by atoms with Crippen molar-refractivity contribution in [3.63, 3.8) is 0 Å². The Labute approximate surface area is 230 Å². The summed E-state index contributed by atoms with van der Waals surface area (Å²) in [5, 5.41) is 5.84. The minimum atomic E-state index is -0.366. The summed E-state index contributed by atoms with van der Waals surface area (Å²) in [7, 11) is 0. The van der Waals surface area contributed by atoms with E-state index in [1.54, 1.807) is 6.20 Å². The van der Waals surface area contributed by atoms with Gasteiger partial charge in [-0.1, -0.05) is 24.6 Å². The largest absolute Gasteiger partial charge is 0.487 e. The van der Waals surface area contributed by atoms with Gasteiger partial charge in [-0.15, -0.1) is 0 Å². The number of carbonyl (C=O) groups is 2. The second-order valence-corrected chi connectivity index (χ2v) is 11.6. The van der Waals surface area contributed by atoms with Gasteiger partial charge < -0.3 is 20.5 Å². The van der Waals surface area contributed by atoms with E-state index in [-0.39, 0.29) is 35.5 Å². The van der Waals surface area contributed by atoms with Crippen LogP contribution in [0, 0.1) is 5.92 Å². The average molecular weight is 534 g/mol. The number of carbonyl (C=O) groups excluding carboxylic acids is 2.